The molecule has 0 saturated heterocycles. The average molecular weight is 598 g/mol. The summed E-state index contributed by atoms with van der Waals surface area (Å²) < 4.78 is 3.77. The molecule has 0 aliphatic heterocycles. The molecule has 3 heterocycles. The molecular weight excluding hydrogens is 558 g/mol. The van der Waals surface area contributed by atoms with E-state index < -0.39 is 4.75 Å². The van der Waals surface area contributed by atoms with Crippen molar-refractivity contribution in [3.8, 4) is 0 Å². The van der Waals surface area contributed by atoms with Gasteiger partial charge in [0.1, 0.15) is 11.8 Å². The van der Waals surface area contributed by atoms with Crippen LogP contribution in [0, 0.1) is 0 Å². The first-order valence-corrected chi connectivity index (χ1v) is 15.6. The van der Waals surface area contributed by atoms with E-state index in [9.17, 15) is 9.59 Å². The highest BCUT2D eigenvalue weighted by Crippen LogP contribution is 2.27. The summed E-state index contributed by atoms with van der Waals surface area (Å²) in [6.07, 6.45) is 7.54. The van der Waals surface area contributed by atoms with Gasteiger partial charge < -0.3 is 25.1 Å². The molecule has 9 nitrogen and oxygen atoms in total. The van der Waals surface area contributed by atoms with Gasteiger partial charge in [-0.15, -0.1) is 11.8 Å². The SMILES string of the molecule is CSC(C)(C)C(=O)NCCn1ccc2ncnc(Nc3ccc4c(ccn4Cc4cccc(C(=O)NC(C)(C)C)c4)c3)c21. The van der Waals surface area contributed by atoms with Crippen LogP contribution < -0.4 is 16.0 Å². The third-order valence-electron chi connectivity index (χ3n) is 7.31. The number of amides is 2. The molecule has 2 amide bonds. The van der Waals surface area contributed by atoms with Crippen LogP contribution in [0.15, 0.2) is 73.3 Å². The molecule has 2 aromatic carbocycles. The van der Waals surface area contributed by atoms with E-state index in [1.165, 1.54) is 11.8 Å². The fraction of sp³-hybridized carbons (Fsp3) is 0.333. The van der Waals surface area contributed by atoms with Gasteiger partial charge in [0.2, 0.25) is 5.91 Å². The summed E-state index contributed by atoms with van der Waals surface area (Å²) >= 11 is 1.53. The molecule has 3 N–H and O–H groups in total. The van der Waals surface area contributed by atoms with Crippen molar-refractivity contribution in [1.82, 2.24) is 29.7 Å². The highest BCUT2D eigenvalue weighted by atomic mass is 32.2. The fourth-order valence-corrected chi connectivity index (χ4v) is 5.14. The lowest BCUT2D eigenvalue weighted by molar-refractivity contribution is -0.122. The maximum Gasteiger partial charge on any atom is 0.251 e. The van der Waals surface area contributed by atoms with Gasteiger partial charge in [0, 0.05) is 59.7 Å². The Balaban J connectivity index is 1.31. The second kappa shape index (κ2) is 12.1. The number of aromatic nitrogens is 4. The van der Waals surface area contributed by atoms with Crippen LogP contribution in [0.4, 0.5) is 11.5 Å². The summed E-state index contributed by atoms with van der Waals surface area (Å²) in [5.41, 5.74) is 5.14. The molecule has 224 valence electrons. The molecule has 0 saturated carbocycles. The number of nitrogens with zero attached hydrogens (tertiary/aromatic N) is 4. The maximum absolute atomic E-state index is 12.7. The van der Waals surface area contributed by atoms with E-state index in [4.69, 9.17) is 0 Å². The summed E-state index contributed by atoms with van der Waals surface area (Å²) in [5, 5.41) is 10.6. The van der Waals surface area contributed by atoms with Crippen molar-refractivity contribution >= 4 is 57.0 Å². The van der Waals surface area contributed by atoms with E-state index in [1.807, 2.05) is 83.5 Å². The minimum atomic E-state index is -0.473. The number of hydrogen-bond donors (Lipinski definition) is 3. The first kappa shape index (κ1) is 30.2. The summed E-state index contributed by atoms with van der Waals surface area (Å²) in [4.78, 5) is 34.2. The average Bonchev–Trinajstić information content (AvgIpc) is 3.56. The Labute approximate surface area is 256 Å². The van der Waals surface area contributed by atoms with Gasteiger partial charge >= 0.3 is 0 Å². The molecule has 43 heavy (non-hydrogen) atoms. The highest BCUT2D eigenvalue weighted by molar-refractivity contribution is 8.00. The molecule has 5 aromatic rings. The van der Waals surface area contributed by atoms with E-state index in [-0.39, 0.29) is 17.4 Å². The highest BCUT2D eigenvalue weighted by Gasteiger charge is 2.25. The van der Waals surface area contributed by atoms with Crippen LogP contribution in [-0.4, -0.2) is 54.0 Å². The third kappa shape index (κ3) is 7.02. The minimum absolute atomic E-state index is 0.0186. The summed E-state index contributed by atoms with van der Waals surface area (Å²) in [6.45, 7) is 11.5. The van der Waals surface area contributed by atoms with Crippen molar-refractivity contribution in [2.24, 2.45) is 0 Å². The summed E-state index contributed by atoms with van der Waals surface area (Å²) in [6, 6.07) is 18.1. The molecule has 0 aliphatic carbocycles. The van der Waals surface area contributed by atoms with Gasteiger partial charge in [-0.1, -0.05) is 12.1 Å². The first-order valence-electron chi connectivity index (χ1n) is 14.3. The van der Waals surface area contributed by atoms with Gasteiger partial charge in [-0.3, -0.25) is 9.59 Å². The van der Waals surface area contributed by atoms with Crippen molar-refractivity contribution in [3.05, 3.63) is 84.4 Å². The molecular formula is C33H39N7O2S. The van der Waals surface area contributed by atoms with Crippen LogP contribution >= 0.6 is 11.8 Å². The zero-order valence-electron chi connectivity index (χ0n) is 25.6. The third-order valence-corrected chi connectivity index (χ3v) is 8.52. The van der Waals surface area contributed by atoms with Crippen LogP contribution in [-0.2, 0) is 17.9 Å². The molecule has 0 fully saturated rings. The van der Waals surface area contributed by atoms with Gasteiger partial charge in [-0.2, -0.15) is 0 Å². The molecule has 0 spiro atoms. The minimum Gasteiger partial charge on any atom is -0.353 e. The molecule has 0 aliphatic rings. The van der Waals surface area contributed by atoms with Crippen LogP contribution in [0.2, 0.25) is 0 Å². The van der Waals surface area contributed by atoms with E-state index in [0.29, 0.717) is 31.0 Å². The summed E-state index contributed by atoms with van der Waals surface area (Å²) in [5.74, 6) is 0.650. The lowest BCUT2D eigenvalue weighted by Crippen LogP contribution is -2.40. The van der Waals surface area contributed by atoms with E-state index in [1.54, 1.807) is 6.33 Å². The molecule has 0 atom stereocenters. The zero-order chi connectivity index (χ0) is 30.8. The lowest BCUT2D eigenvalue weighted by atomic mass is 10.1. The standard InChI is InChI=1S/C33H39N7O2S/c1-32(2,3)38-30(41)24-9-7-8-22(18-24)20-40-15-12-23-19-25(10-11-27(23)40)37-29-28-26(35-21-36-29)13-16-39(28)17-14-34-31(42)33(4,5)43-6/h7-13,15-16,18-19,21H,14,17,20H2,1-6H3,(H,34,42)(H,38,41)(H,35,36,37). The number of benzene rings is 2. The first-order chi connectivity index (χ1) is 20.4. The fourth-order valence-electron chi connectivity index (χ4n) is 4.88. The van der Waals surface area contributed by atoms with Crippen LogP contribution in [0.3, 0.4) is 0 Å². The van der Waals surface area contributed by atoms with Crippen LogP contribution in [0.25, 0.3) is 21.9 Å². The Morgan fingerprint density at radius 2 is 1.72 bits per heavy atom. The molecule has 0 unspecified atom stereocenters. The van der Waals surface area contributed by atoms with Crippen molar-refractivity contribution in [3.63, 3.8) is 0 Å². The van der Waals surface area contributed by atoms with Gasteiger partial charge in [0.05, 0.1) is 10.3 Å². The van der Waals surface area contributed by atoms with Crippen LogP contribution in [0.5, 0.6) is 0 Å². The monoisotopic (exact) mass is 597 g/mol. The number of rotatable bonds is 10. The Morgan fingerprint density at radius 1 is 0.930 bits per heavy atom. The second-order valence-corrected chi connectivity index (χ2v) is 13.6. The number of fused-ring (bicyclic) bond motifs is 2. The number of carbonyl (C=O) groups is 2. The van der Waals surface area contributed by atoms with E-state index in [2.05, 4.69) is 59.4 Å². The Hall–Kier alpha value is -4.31. The normalized spacial score (nSPS) is 12.0. The predicted molar refractivity (Wildman–Crippen MR) is 176 cm³/mol. The number of hydrogen-bond acceptors (Lipinski definition) is 6. The largest absolute Gasteiger partial charge is 0.353 e. The molecule has 10 heteroatoms. The van der Waals surface area contributed by atoms with Gasteiger partial charge in [0.25, 0.3) is 5.91 Å². The Kier molecular flexibility index (Phi) is 8.50. The maximum atomic E-state index is 12.7. The van der Waals surface area contributed by atoms with E-state index >= 15 is 0 Å². The molecule has 3 aromatic heterocycles. The van der Waals surface area contributed by atoms with Crippen molar-refractivity contribution in [2.45, 2.75) is 58.0 Å². The van der Waals surface area contributed by atoms with Gasteiger partial charge in [0.15, 0.2) is 5.82 Å². The number of nitrogens with one attached hydrogen (secondary N) is 3. The molecule has 0 radical (unpaired) electrons. The van der Waals surface area contributed by atoms with Crippen molar-refractivity contribution < 1.29 is 9.59 Å². The Morgan fingerprint density at radius 3 is 2.49 bits per heavy atom. The summed E-state index contributed by atoms with van der Waals surface area (Å²) in [7, 11) is 0. The van der Waals surface area contributed by atoms with E-state index in [0.717, 1.165) is 33.2 Å². The smallest absolute Gasteiger partial charge is 0.251 e. The molecule has 0 bridgehead atoms. The molecule has 5 rings (SSSR count). The number of anilines is 2. The Bertz CT molecular complexity index is 1780. The van der Waals surface area contributed by atoms with Crippen molar-refractivity contribution in [1.29, 1.82) is 0 Å². The predicted octanol–water partition coefficient (Wildman–Crippen LogP) is 5.96. The van der Waals surface area contributed by atoms with Gasteiger partial charge in [-0.05, 0) is 88.9 Å². The topological polar surface area (TPSA) is 106 Å². The lowest BCUT2D eigenvalue weighted by Gasteiger charge is -2.21. The number of thioether (sulfide) groups is 1. The van der Waals surface area contributed by atoms with Crippen LogP contribution in [0.1, 0.15) is 50.5 Å². The van der Waals surface area contributed by atoms with Crippen molar-refractivity contribution in [2.75, 3.05) is 18.1 Å². The second-order valence-electron chi connectivity index (χ2n) is 12.2. The quantitative estimate of drug-likeness (QED) is 0.183. The van der Waals surface area contributed by atoms with Gasteiger partial charge in [-0.25, -0.2) is 9.97 Å². The zero-order valence-corrected chi connectivity index (χ0v) is 26.4. The number of carbonyl (C=O) groups excluding carboxylic acids is 2.